The van der Waals surface area contributed by atoms with Crippen molar-refractivity contribution in [3.63, 3.8) is 0 Å². The first-order valence-corrected chi connectivity index (χ1v) is 6.32. The third-order valence-corrected chi connectivity index (χ3v) is 3.36. The molecule has 0 radical (unpaired) electrons. The van der Waals surface area contributed by atoms with Gasteiger partial charge in [0.15, 0.2) is 10.8 Å². The van der Waals surface area contributed by atoms with E-state index in [-0.39, 0.29) is 23.4 Å². The quantitative estimate of drug-likeness (QED) is 0.859. The number of aromatic nitrogens is 1. The highest BCUT2D eigenvalue weighted by Gasteiger charge is 2.33. The summed E-state index contributed by atoms with van der Waals surface area (Å²) in [6, 6.07) is 0. The lowest BCUT2D eigenvalue weighted by molar-refractivity contribution is -0.140. The molecule has 1 atom stereocenters. The van der Waals surface area contributed by atoms with Crippen molar-refractivity contribution < 1.29 is 18.0 Å². The topological polar surface area (TPSA) is 42.0 Å². The van der Waals surface area contributed by atoms with E-state index in [9.17, 15) is 18.0 Å². The molecule has 0 spiro atoms. The van der Waals surface area contributed by atoms with E-state index >= 15 is 0 Å². The minimum absolute atomic E-state index is 0.00528. The highest BCUT2D eigenvalue weighted by Crippen LogP contribution is 2.31. The maximum Gasteiger partial charge on any atom is 0.434 e. The first-order chi connectivity index (χ1) is 8.45. The molecule has 0 aromatic carbocycles. The van der Waals surface area contributed by atoms with Crippen LogP contribution in [0.1, 0.15) is 25.0 Å². The Labute approximate surface area is 106 Å². The lowest BCUT2D eigenvalue weighted by atomic mass is 10.1. The van der Waals surface area contributed by atoms with Crippen LogP contribution in [-0.4, -0.2) is 10.9 Å². The van der Waals surface area contributed by atoms with Crippen LogP contribution in [0.15, 0.2) is 17.5 Å². The summed E-state index contributed by atoms with van der Waals surface area (Å²) in [7, 11) is 0. The van der Waals surface area contributed by atoms with Crippen LogP contribution in [0.4, 0.5) is 18.3 Å². The van der Waals surface area contributed by atoms with Crippen molar-refractivity contribution in [2.24, 2.45) is 5.92 Å². The van der Waals surface area contributed by atoms with Crippen molar-refractivity contribution in [2.45, 2.75) is 25.4 Å². The zero-order chi connectivity index (χ0) is 13.2. The first kappa shape index (κ1) is 13.1. The van der Waals surface area contributed by atoms with Gasteiger partial charge in [0.05, 0.1) is 0 Å². The molecule has 1 amide bonds. The van der Waals surface area contributed by atoms with E-state index in [2.05, 4.69) is 10.3 Å². The Kier molecular flexibility index (Phi) is 3.70. The van der Waals surface area contributed by atoms with Gasteiger partial charge in [0.2, 0.25) is 5.91 Å². The van der Waals surface area contributed by atoms with Gasteiger partial charge in [0.1, 0.15) is 0 Å². The molecule has 18 heavy (non-hydrogen) atoms. The van der Waals surface area contributed by atoms with Crippen LogP contribution in [0.3, 0.4) is 0 Å². The predicted molar refractivity (Wildman–Crippen MR) is 62.2 cm³/mol. The number of nitrogens with zero attached hydrogens (tertiary/aromatic N) is 1. The van der Waals surface area contributed by atoms with Crippen molar-refractivity contribution in [3.8, 4) is 0 Å². The number of carbonyl (C=O) groups excluding carboxylic acids is 1. The maximum absolute atomic E-state index is 12.3. The lowest BCUT2D eigenvalue weighted by Crippen LogP contribution is -2.15. The van der Waals surface area contributed by atoms with Gasteiger partial charge in [-0.15, -0.1) is 11.3 Å². The van der Waals surface area contributed by atoms with Gasteiger partial charge in [-0.25, -0.2) is 4.98 Å². The third kappa shape index (κ3) is 3.32. The van der Waals surface area contributed by atoms with E-state index in [4.69, 9.17) is 0 Å². The van der Waals surface area contributed by atoms with Gasteiger partial charge in [-0.1, -0.05) is 12.2 Å². The van der Waals surface area contributed by atoms with Gasteiger partial charge in [0, 0.05) is 11.8 Å². The Balaban J connectivity index is 1.91. The van der Waals surface area contributed by atoms with Crippen LogP contribution in [-0.2, 0) is 11.0 Å². The fourth-order valence-corrected chi connectivity index (χ4v) is 2.47. The number of hydrogen-bond acceptors (Lipinski definition) is 3. The SMILES string of the molecule is O=C(CC1C=CCC1)Nc1nc(C(F)(F)F)cs1. The smallest absolute Gasteiger partial charge is 0.302 e. The summed E-state index contributed by atoms with van der Waals surface area (Å²) in [6.45, 7) is 0. The largest absolute Gasteiger partial charge is 0.434 e. The van der Waals surface area contributed by atoms with Crippen molar-refractivity contribution in [2.75, 3.05) is 5.32 Å². The second kappa shape index (κ2) is 5.09. The summed E-state index contributed by atoms with van der Waals surface area (Å²) < 4.78 is 36.9. The van der Waals surface area contributed by atoms with Gasteiger partial charge < -0.3 is 5.32 Å². The van der Waals surface area contributed by atoms with Gasteiger partial charge in [0.25, 0.3) is 0 Å². The number of amides is 1. The van der Waals surface area contributed by atoms with Crippen LogP contribution in [0.2, 0.25) is 0 Å². The number of allylic oxidation sites excluding steroid dienone is 2. The summed E-state index contributed by atoms with van der Waals surface area (Å²) >= 11 is 0.782. The summed E-state index contributed by atoms with van der Waals surface area (Å²) in [5.74, 6) is -0.110. The summed E-state index contributed by atoms with van der Waals surface area (Å²) in [4.78, 5) is 14.9. The molecule has 0 saturated heterocycles. The third-order valence-electron chi connectivity index (χ3n) is 2.60. The van der Waals surface area contributed by atoms with E-state index in [0.717, 1.165) is 29.6 Å². The molecule has 1 aromatic heterocycles. The zero-order valence-corrected chi connectivity index (χ0v) is 10.1. The molecule has 2 rings (SSSR count). The molecular formula is C11H11F3N2OS. The van der Waals surface area contributed by atoms with Crippen molar-refractivity contribution in [3.05, 3.63) is 23.2 Å². The standard InChI is InChI=1S/C11H11F3N2OS/c12-11(13,14)8-6-18-10(15-8)16-9(17)5-7-3-1-2-4-7/h1,3,6-7H,2,4-5H2,(H,15,16,17). The molecule has 0 saturated carbocycles. The molecule has 3 nitrogen and oxygen atoms in total. The second-order valence-corrected chi connectivity index (χ2v) is 4.91. The van der Waals surface area contributed by atoms with Crippen LogP contribution in [0, 0.1) is 5.92 Å². The Morgan fingerprint density at radius 1 is 1.56 bits per heavy atom. The van der Waals surface area contributed by atoms with E-state index in [1.54, 1.807) is 0 Å². The van der Waals surface area contributed by atoms with Crippen molar-refractivity contribution in [1.29, 1.82) is 0 Å². The number of anilines is 1. The van der Waals surface area contributed by atoms with E-state index in [1.165, 1.54) is 0 Å². The Bertz CT molecular complexity index is 467. The van der Waals surface area contributed by atoms with Gasteiger partial charge in [-0.05, 0) is 18.8 Å². The number of alkyl halides is 3. The fourth-order valence-electron chi connectivity index (χ4n) is 1.74. The molecule has 1 aliphatic rings. The molecule has 0 fully saturated rings. The fraction of sp³-hybridized carbons (Fsp3) is 0.455. The van der Waals surface area contributed by atoms with Crippen LogP contribution >= 0.6 is 11.3 Å². The highest BCUT2D eigenvalue weighted by molar-refractivity contribution is 7.13. The first-order valence-electron chi connectivity index (χ1n) is 5.44. The number of rotatable bonds is 3. The number of carbonyl (C=O) groups is 1. The zero-order valence-electron chi connectivity index (χ0n) is 9.33. The Morgan fingerprint density at radius 2 is 2.33 bits per heavy atom. The number of halogens is 3. The van der Waals surface area contributed by atoms with Crippen LogP contribution < -0.4 is 5.32 Å². The molecule has 0 aliphatic heterocycles. The molecule has 1 N–H and O–H groups in total. The van der Waals surface area contributed by atoms with Crippen LogP contribution in [0.25, 0.3) is 0 Å². The molecule has 7 heteroatoms. The van der Waals surface area contributed by atoms with E-state index in [0.29, 0.717) is 0 Å². The minimum atomic E-state index is -4.46. The van der Waals surface area contributed by atoms with Crippen molar-refractivity contribution >= 4 is 22.4 Å². The summed E-state index contributed by atoms with van der Waals surface area (Å²) in [5, 5.41) is 3.28. The predicted octanol–water partition coefficient (Wildman–Crippen LogP) is 3.46. The average molecular weight is 276 g/mol. The number of hydrogen-bond donors (Lipinski definition) is 1. The Morgan fingerprint density at radius 3 is 2.89 bits per heavy atom. The Hall–Kier alpha value is -1.37. The molecular weight excluding hydrogens is 265 g/mol. The summed E-state index contributed by atoms with van der Waals surface area (Å²) in [6.07, 6.45) is 1.66. The van der Waals surface area contributed by atoms with Crippen molar-refractivity contribution in [1.82, 2.24) is 4.98 Å². The number of thiazole rings is 1. The molecule has 1 unspecified atom stereocenters. The minimum Gasteiger partial charge on any atom is -0.302 e. The van der Waals surface area contributed by atoms with E-state index in [1.807, 2.05) is 12.2 Å². The normalized spacial score (nSPS) is 19.2. The maximum atomic E-state index is 12.3. The number of nitrogens with one attached hydrogen (secondary N) is 1. The van der Waals surface area contributed by atoms with Gasteiger partial charge in [-0.2, -0.15) is 13.2 Å². The van der Waals surface area contributed by atoms with Crippen LogP contribution in [0.5, 0.6) is 0 Å². The van der Waals surface area contributed by atoms with Gasteiger partial charge in [-0.3, -0.25) is 4.79 Å². The van der Waals surface area contributed by atoms with Gasteiger partial charge >= 0.3 is 6.18 Å². The average Bonchev–Trinajstić information content (AvgIpc) is 2.87. The molecule has 1 aromatic rings. The molecule has 0 bridgehead atoms. The second-order valence-electron chi connectivity index (χ2n) is 4.05. The molecule has 1 aliphatic carbocycles. The summed E-state index contributed by atoms with van der Waals surface area (Å²) in [5.41, 5.74) is -0.969. The highest BCUT2D eigenvalue weighted by atomic mass is 32.1. The molecule has 1 heterocycles. The lowest BCUT2D eigenvalue weighted by Gasteiger charge is -2.06. The van der Waals surface area contributed by atoms with E-state index < -0.39 is 11.9 Å². The molecule has 98 valence electrons. The monoisotopic (exact) mass is 276 g/mol.